The summed E-state index contributed by atoms with van der Waals surface area (Å²) in [5, 5.41) is 0. The van der Waals surface area contributed by atoms with E-state index in [1.165, 1.54) is 0 Å². The van der Waals surface area contributed by atoms with Crippen molar-refractivity contribution in [1.29, 1.82) is 0 Å². The van der Waals surface area contributed by atoms with Gasteiger partial charge in [-0.05, 0) is 48.9 Å². The molecule has 0 atom stereocenters. The lowest BCUT2D eigenvalue weighted by Gasteiger charge is -2.11. The highest BCUT2D eigenvalue weighted by atomic mass is 79.9. The van der Waals surface area contributed by atoms with Crippen LogP contribution in [0.25, 0.3) is 0 Å². The zero-order chi connectivity index (χ0) is 14.0. The molecule has 0 fully saturated rings. The molecular weight excluding hydrogens is 394 g/mol. The van der Waals surface area contributed by atoms with Gasteiger partial charge < -0.3 is 0 Å². The predicted octanol–water partition coefficient (Wildman–Crippen LogP) is 4.32. The standard InChI is InChI=1S/C13H11Br2NO2S/c1-9-7-11(15)5-6-13(9)16-19(17,18)12-4-2-3-10(14)8-12/h2-8,16H,1H3. The Morgan fingerprint density at radius 2 is 1.68 bits per heavy atom. The van der Waals surface area contributed by atoms with E-state index in [0.717, 1.165) is 14.5 Å². The Bertz CT molecular complexity index is 714. The summed E-state index contributed by atoms with van der Waals surface area (Å²) in [5.41, 5.74) is 1.43. The van der Waals surface area contributed by atoms with Crippen molar-refractivity contribution in [2.75, 3.05) is 4.72 Å². The Hall–Kier alpha value is -0.850. The Labute approximate surface area is 129 Å². The molecule has 0 heterocycles. The topological polar surface area (TPSA) is 46.2 Å². The molecule has 0 saturated heterocycles. The van der Waals surface area contributed by atoms with Gasteiger partial charge in [0.2, 0.25) is 0 Å². The van der Waals surface area contributed by atoms with Crippen molar-refractivity contribution >= 4 is 47.6 Å². The minimum atomic E-state index is -3.57. The summed E-state index contributed by atoms with van der Waals surface area (Å²) < 4.78 is 28.7. The first-order chi connectivity index (χ1) is 8.88. The molecule has 2 aromatic carbocycles. The van der Waals surface area contributed by atoms with Gasteiger partial charge >= 0.3 is 0 Å². The molecule has 0 aliphatic carbocycles. The summed E-state index contributed by atoms with van der Waals surface area (Å²) in [6, 6.07) is 12.0. The highest BCUT2D eigenvalue weighted by molar-refractivity contribution is 9.10. The number of nitrogens with one attached hydrogen (secondary N) is 1. The summed E-state index contributed by atoms with van der Waals surface area (Å²) in [5.74, 6) is 0. The number of hydrogen-bond donors (Lipinski definition) is 1. The maximum absolute atomic E-state index is 12.2. The molecule has 3 nitrogen and oxygen atoms in total. The number of sulfonamides is 1. The minimum Gasteiger partial charge on any atom is -0.279 e. The minimum absolute atomic E-state index is 0.226. The largest absolute Gasteiger partial charge is 0.279 e. The third-order valence-corrected chi connectivity index (χ3v) is 4.89. The quantitative estimate of drug-likeness (QED) is 0.827. The lowest BCUT2D eigenvalue weighted by Crippen LogP contribution is -2.13. The monoisotopic (exact) mass is 403 g/mol. The molecule has 0 bridgehead atoms. The van der Waals surface area contributed by atoms with Crippen LogP contribution in [-0.2, 0) is 10.0 Å². The molecule has 0 aliphatic rings. The molecule has 6 heteroatoms. The fraction of sp³-hybridized carbons (Fsp3) is 0.0769. The molecular formula is C13H11Br2NO2S. The zero-order valence-corrected chi connectivity index (χ0v) is 14.0. The lowest BCUT2D eigenvalue weighted by molar-refractivity contribution is 0.601. The van der Waals surface area contributed by atoms with Crippen molar-refractivity contribution < 1.29 is 8.42 Å². The van der Waals surface area contributed by atoms with E-state index in [0.29, 0.717) is 5.69 Å². The summed E-state index contributed by atoms with van der Waals surface area (Å²) in [6.45, 7) is 1.85. The predicted molar refractivity (Wildman–Crippen MR) is 83.8 cm³/mol. The molecule has 2 aromatic rings. The zero-order valence-electron chi connectivity index (χ0n) is 10.0. The SMILES string of the molecule is Cc1cc(Br)ccc1NS(=O)(=O)c1cccc(Br)c1. The van der Waals surface area contributed by atoms with Crippen LogP contribution in [0.3, 0.4) is 0 Å². The van der Waals surface area contributed by atoms with E-state index in [2.05, 4.69) is 36.6 Å². The number of aryl methyl sites for hydroxylation is 1. The van der Waals surface area contributed by atoms with Crippen LogP contribution in [0.2, 0.25) is 0 Å². The normalized spacial score (nSPS) is 11.3. The van der Waals surface area contributed by atoms with Gasteiger partial charge in [0.25, 0.3) is 10.0 Å². The smallest absolute Gasteiger partial charge is 0.261 e. The fourth-order valence-electron chi connectivity index (χ4n) is 1.58. The summed E-state index contributed by atoms with van der Waals surface area (Å²) in [7, 11) is -3.57. The number of hydrogen-bond acceptors (Lipinski definition) is 2. The Morgan fingerprint density at radius 3 is 2.32 bits per heavy atom. The molecule has 0 amide bonds. The van der Waals surface area contributed by atoms with Crippen LogP contribution >= 0.6 is 31.9 Å². The van der Waals surface area contributed by atoms with Crippen molar-refractivity contribution in [3.8, 4) is 0 Å². The van der Waals surface area contributed by atoms with Gasteiger partial charge in [-0.2, -0.15) is 0 Å². The number of rotatable bonds is 3. The van der Waals surface area contributed by atoms with Crippen molar-refractivity contribution in [2.24, 2.45) is 0 Å². The van der Waals surface area contributed by atoms with E-state index in [1.807, 2.05) is 13.0 Å². The van der Waals surface area contributed by atoms with Crippen LogP contribution in [0.4, 0.5) is 5.69 Å². The number of anilines is 1. The van der Waals surface area contributed by atoms with Crippen LogP contribution in [0, 0.1) is 6.92 Å². The van der Waals surface area contributed by atoms with Gasteiger partial charge in [-0.25, -0.2) is 8.42 Å². The van der Waals surface area contributed by atoms with Gasteiger partial charge in [-0.1, -0.05) is 37.9 Å². The van der Waals surface area contributed by atoms with Crippen LogP contribution in [-0.4, -0.2) is 8.42 Å². The lowest BCUT2D eigenvalue weighted by atomic mass is 10.2. The van der Waals surface area contributed by atoms with Gasteiger partial charge in [0.15, 0.2) is 0 Å². The van der Waals surface area contributed by atoms with Crippen LogP contribution in [0.15, 0.2) is 56.3 Å². The third-order valence-electron chi connectivity index (χ3n) is 2.54. The van der Waals surface area contributed by atoms with Gasteiger partial charge in [0, 0.05) is 8.95 Å². The Kier molecular flexibility index (Phi) is 4.32. The number of benzene rings is 2. The summed E-state index contributed by atoms with van der Waals surface area (Å²) >= 11 is 6.61. The second-order valence-corrected chi connectivity index (χ2v) is 7.54. The van der Waals surface area contributed by atoms with Crippen LogP contribution < -0.4 is 4.72 Å². The van der Waals surface area contributed by atoms with Gasteiger partial charge in [-0.3, -0.25) is 4.72 Å². The molecule has 19 heavy (non-hydrogen) atoms. The van der Waals surface area contributed by atoms with E-state index < -0.39 is 10.0 Å². The maximum Gasteiger partial charge on any atom is 0.261 e. The molecule has 0 aliphatic heterocycles. The average molecular weight is 405 g/mol. The van der Waals surface area contributed by atoms with Crippen molar-refractivity contribution in [3.05, 3.63) is 57.0 Å². The molecule has 0 spiro atoms. The maximum atomic E-state index is 12.2. The van der Waals surface area contributed by atoms with Crippen LogP contribution in [0.5, 0.6) is 0 Å². The molecule has 0 radical (unpaired) electrons. The van der Waals surface area contributed by atoms with Gasteiger partial charge in [0.1, 0.15) is 0 Å². The molecule has 0 aromatic heterocycles. The van der Waals surface area contributed by atoms with E-state index in [-0.39, 0.29) is 4.90 Å². The van der Waals surface area contributed by atoms with Gasteiger partial charge in [0.05, 0.1) is 10.6 Å². The van der Waals surface area contributed by atoms with Crippen molar-refractivity contribution in [3.63, 3.8) is 0 Å². The highest BCUT2D eigenvalue weighted by Gasteiger charge is 2.15. The fourth-order valence-corrected chi connectivity index (χ4v) is 3.78. The Morgan fingerprint density at radius 1 is 1.00 bits per heavy atom. The first kappa shape index (κ1) is 14.6. The van der Waals surface area contributed by atoms with E-state index in [4.69, 9.17) is 0 Å². The molecule has 100 valence electrons. The summed E-state index contributed by atoms with van der Waals surface area (Å²) in [4.78, 5) is 0.226. The average Bonchev–Trinajstić information content (AvgIpc) is 2.33. The van der Waals surface area contributed by atoms with Crippen LogP contribution in [0.1, 0.15) is 5.56 Å². The van der Waals surface area contributed by atoms with E-state index >= 15 is 0 Å². The third kappa shape index (κ3) is 3.58. The summed E-state index contributed by atoms with van der Waals surface area (Å²) in [6.07, 6.45) is 0. The number of halogens is 2. The molecule has 0 unspecified atom stereocenters. The molecule has 2 rings (SSSR count). The molecule has 0 saturated carbocycles. The van der Waals surface area contributed by atoms with E-state index in [1.54, 1.807) is 36.4 Å². The molecule has 1 N–H and O–H groups in total. The first-order valence-corrected chi connectivity index (χ1v) is 8.50. The second-order valence-electron chi connectivity index (χ2n) is 4.02. The first-order valence-electron chi connectivity index (χ1n) is 5.43. The van der Waals surface area contributed by atoms with Crippen molar-refractivity contribution in [1.82, 2.24) is 0 Å². The second kappa shape index (κ2) is 5.64. The van der Waals surface area contributed by atoms with Gasteiger partial charge in [-0.15, -0.1) is 0 Å². The van der Waals surface area contributed by atoms with Crippen molar-refractivity contribution in [2.45, 2.75) is 11.8 Å². The Balaban J connectivity index is 2.36. The van der Waals surface area contributed by atoms with E-state index in [9.17, 15) is 8.42 Å². The highest BCUT2D eigenvalue weighted by Crippen LogP contribution is 2.24.